The molecule has 0 aromatic heterocycles. The monoisotopic (exact) mass is 450 g/mol. The quantitative estimate of drug-likeness (QED) is 0.637. The van der Waals surface area contributed by atoms with E-state index in [-0.39, 0.29) is 6.61 Å². The summed E-state index contributed by atoms with van der Waals surface area (Å²) in [5, 5.41) is 6.36. The average molecular weight is 451 g/mol. The number of nitrogens with one attached hydrogen (secondary N) is 2. The molecule has 30 heavy (non-hydrogen) atoms. The number of benzene rings is 2. The Morgan fingerprint density at radius 1 is 1.10 bits per heavy atom. The van der Waals surface area contributed by atoms with Crippen LogP contribution in [0.3, 0.4) is 0 Å². The predicted molar refractivity (Wildman–Crippen MR) is 113 cm³/mol. The molecule has 2 aromatic carbocycles. The van der Waals surface area contributed by atoms with Gasteiger partial charge in [-0.05, 0) is 36.8 Å². The van der Waals surface area contributed by atoms with E-state index in [9.17, 15) is 9.59 Å². The molecule has 0 saturated carbocycles. The van der Waals surface area contributed by atoms with E-state index in [1.54, 1.807) is 43.3 Å². The molecular weight excluding hydrogens is 431 g/mol. The molecule has 2 amide bonds. The summed E-state index contributed by atoms with van der Waals surface area (Å²) in [7, 11) is 2.79. The largest absolute Gasteiger partial charge is 0.493 e. The van der Waals surface area contributed by atoms with Crippen LogP contribution in [0.1, 0.15) is 24.1 Å². The third-order valence-electron chi connectivity index (χ3n) is 4.59. The third kappa shape index (κ3) is 4.63. The van der Waals surface area contributed by atoms with Gasteiger partial charge in [-0.2, -0.15) is 0 Å². The molecule has 1 heterocycles. The van der Waals surface area contributed by atoms with E-state index in [2.05, 4.69) is 10.6 Å². The van der Waals surface area contributed by atoms with E-state index < -0.39 is 18.0 Å². The van der Waals surface area contributed by atoms with E-state index in [0.29, 0.717) is 38.4 Å². The molecule has 0 spiro atoms. The standard InChI is InChI=1S/C21H20Cl2N2O5/c1-11-18(20(26)29-3)19(25-21(27)24-11)12-5-7-16(17(8-12)28-2)30-10-13-4-6-14(22)9-15(13)23/h4-9,19H,10H2,1-3H3,(H2,24,25,27). The van der Waals surface area contributed by atoms with Gasteiger partial charge < -0.3 is 24.8 Å². The second kappa shape index (κ2) is 9.28. The second-order valence-corrected chi connectivity index (χ2v) is 7.34. The van der Waals surface area contributed by atoms with Crippen LogP contribution in [0, 0.1) is 0 Å². The maximum atomic E-state index is 12.3. The Hall–Kier alpha value is -2.90. The van der Waals surface area contributed by atoms with Crippen molar-refractivity contribution in [3.05, 3.63) is 68.8 Å². The zero-order valence-electron chi connectivity index (χ0n) is 16.5. The molecule has 9 heteroatoms. The van der Waals surface area contributed by atoms with Gasteiger partial charge in [-0.1, -0.05) is 35.3 Å². The minimum atomic E-state index is -0.695. The van der Waals surface area contributed by atoms with E-state index in [0.717, 1.165) is 5.56 Å². The van der Waals surface area contributed by atoms with Crippen molar-refractivity contribution in [1.29, 1.82) is 0 Å². The maximum Gasteiger partial charge on any atom is 0.337 e. The lowest BCUT2D eigenvalue weighted by Crippen LogP contribution is -2.45. The summed E-state index contributed by atoms with van der Waals surface area (Å²) in [6, 6.07) is 9.20. The Labute approximate surface area is 183 Å². The molecule has 2 N–H and O–H groups in total. The number of urea groups is 1. The Bertz CT molecular complexity index is 1020. The van der Waals surface area contributed by atoms with Crippen LogP contribution in [-0.2, 0) is 16.1 Å². The molecule has 2 aromatic rings. The zero-order chi connectivity index (χ0) is 21.8. The van der Waals surface area contributed by atoms with Gasteiger partial charge in [0.25, 0.3) is 0 Å². The summed E-state index contributed by atoms with van der Waals surface area (Å²) in [6.45, 7) is 1.85. The first kappa shape index (κ1) is 21.8. The van der Waals surface area contributed by atoms with Gasteiger partial charge in [-0.3, -0.25) is 0 Å². The normalized spacial score (nSPS) is 15.9. The molecule has 1 aliphatic heterocycles. The van der Waals surface area contributed by atoms with Crippen LogP contribution in [0.25, 0.3) is 0 Å². The number of halogens is 2. The van der Waals surface area contributed by atoms with Gasteiger partial charge in [0.1, 0.15) is 6.61 Å². The fourth-order valence-corrected chi connectivity index (χ4v) is 3.56. The van der Waals surface area contributed by atoms with Crippen LogP contribution in [-0.4, -0.2) is 26.2 Å². The van der Waals surface area contributed by atoms with Crippen molar-refractivity contribution in [2.75, 3.05) is 14.2 Å². The number of carbonyl (C=O) groups excluding carboxylic acids is 2. The van der Waals surface area contributed by atoms with Crippen molar-refractivity contribution >= 4 is 35.2 Å². The van der Waals surface area contributed by atoms with Crippen LogP contribution in [0.15, 0.2) is 47.7 Å². The Kier molecular flexibility index (Phi) is 6.74. The third-order valence-corrected chi connectivity index (χ3v) is 5.18. The Morgan fingerprint density at radius 2 is 1.87 bits per heavy atom. The van der Waals surface area contributed by atoms with Crippen LogP contribution in [0.2, 0.25) is 10.0 Å². The van der Waals surface area contributed by atoms with Gasteiger partial charge in [0, 0.05) is 21.3 Å². The van der Waals surface area contributed by atoms with Crippen molar-refractivity contribution in [2.45, 2.75) is 19.6 Å². The number of hydrogen-bond acceptors (Lipinski definition) is 5. The number of amides is 2. The van der Waals surface area contributed by atoms with Crippen molar-refractivity contribution in [1.82, 2.24) is 10.6 Å². The number of carbonyl (C=O) groups is 2. The molecule has 0 fully saturated rings. The van der Waals surface area contributed by atoms with Gasteiger partial charge in [0.15, 0.2) is 11.5 Å². The van der Waals surface area contributed by atoms with E-state index >= 15 is 0 Å². The van der Waals surface area contributed by atoms with Crippen molar-refractivity contribution in [3.8, 4) is 11.5 Å². The molecular formula is C21H20Cl2N2O5. The molecule has 1 atom stereocenters. The van der Waals surface area contributed by atoms with Crippen LogP contribution in [0.5, 0.6) is 11.5 Å². The molecule has 0 radical (unpaired) electrons. The fraction of sp³-hybridized carbons (Fsp3) is 0.238. The van der Waals surface area contributed by atoms with Crippen molar-refractivity contribution in [3.63, 3.8) is 0 Å². The first-order chi connectivity index (χ1) is 14.3. The second-order valence-electron chi connectivity index (χ2n) is 6.50. The summed E-state index contributed by atoms with van der Waals surface area (Å²) in [5.41, 5.74) is 2.13. The number of esters is 1. The van der Waals surface area contributed by atoms with Gasteiger partial charge in [0.05, 0.1) is 25.8 Å². The Balaban J connectivity index is 1.88. The topological polar surface area (TPSA) is 85.9 Å². The molecule has 0 aliphatic carbocycles. The number of rotatable bonds is 6. The zero-order valence-corrected chi connectivity index (χ0v) is 18.1. The lowest BCUT2D eigenvalue weighted by Gasteiger charge is -2.28. The van der Waals surface area contributed by atoms with Gasteiger partial charge in [-0.25, -0.2) is 9.59 Å². The first-order valence-electron chi connectivity index (χ1n) is 8.95. The van der Waals surface area contributed by atoms with Gasteiger partial charge in [0.2, 0.25) is 0 Å². The van der Waals surface area contributed by atoms with Crippen molar-refractivity contribution in [2.24, 2.45) is 0 Å². The summed E-state index contributed by atoms with van der Waals surface area (Å²) in [6.07, 6.45) is 0. The molecule has 158 valence electrons. The molecule has 3 rings (SSSR count). The average Bonchev–Trinajstić information content (AvgIpc) is 2.72. The molecule has 0 bridgehead atoms. The van der Waals surface area contributed by atoms with E-state index in [1.165, 1.54) is 14.2 Å². The Morgan fingerprint density at radius 3 is 2.53 bits per heavy atom. The summed E-state index contributed by atoms with van der Waals surface area (Å²) in [5.74, 6) is 0.377. The molecule has 1 unspecified atom stereocenters. The molecule has 0 saturated heterocycles. The maximum absolute atomic E-state index is 12.3. The highest BCUT2D eigenvalue weighted by molar-refractivity contribution is 6.35. The number of methoxy groups -OCH3 is 2. The van der Waals surface area contributed by atoms with Crippen LogP contribution < -0.4 is 20.1 Å². The summed E-state index contributed by atoms with van der Waals surface area (Å²) in [4.78, 5) is 24.2. The fourth-order valence-electron chi connectivity index (χ4n) is 3.10. The number of allylic oxidation sites excluding steroid dienone is 1. The lowest BCUT2D eigenvalue weighted by atomic mass is 9.95. The van der Waals surface area contributed by atoms with Gasteiger partial charge >= 0.3 is 12.0 Å². The minimum Gasteiger partial charge on any atom is -0.493 e. The molecule has 7 nitrogen and oxygen atoms in total. The first-order valence-corrected chi connectivity index (χ1v) is 9.71. The van der Waals surface area contributed by atoms with E-state index in [4.69, 9.17) is 37.4 Å². The van der Waals surface area contributed by atoms with Gasteiger partial charge in [-0.15, -0.1) is 0 Å². The highest BCUT2D eigenvalue weighted by atomic mass is 35.5. The number of ether oxygens (including phenoxy) is 3. The van der Waals surface area contributed by atoms with E-state index in [1.807, 2.05) is 0 Å². The van der Waals surface area contributed by atoms with Crippen LogP contribution in [0.4, 0.5) is 4.79 Å². The lowest BCUT2D eigenvalue weighted by molar-refractivity contribution is -0.136. The smallest absolute Gasteiger partial charge is 0.337 e. The molecule has 1 aliphatic rings. The van der Waals surface area contributed by atoms with Crippen molar-refractivity contribution < 1.29 is 23.8 Å². The SMILES string of the molecule is COC(=O)C1=C(C)NC(=O)NC1c1ccc(OCc2ccc(Cl)cc2Cl)c(OC)c1. The summed E-state index contributed by atoms with van der Waals surface area (Å²) < 4.78 is 16.2. The number of hydrogen-bond donors (Lipinski definition) is 2. The highest BCUT2D eigenvalue weighted by Crippen LogP contribution is 2.35. The predicted octanol–water partition coefficient (Wildman–Crippen LogP) is 4.38. The highest BCUT2D eigenvalue weighted by Gasteiger charge is 2.32. The minimum absolute atomic E-state index is 0.211. The van der Waals surface area contributed by atoms with Crippen LogP contribution >= 0.6 is 23.2 Å². The summed E-state index contributed by atoms with van der Waals surface area (Å²) >= 11 is 12.1.